The number of hydrogen-bond acceptors (Lipinski definition) is 4. The van der Waals surface area contributed by atoms with E-state index in [-0.39, 0.29) is 17.9 Å². The van der Waals surface area contributed by atoms with E-state index in [9.17, 15) is 9.59 Å². The number of nitrogens with zero attached hydrogens (tertiary/aromatic N) is 1. The molecule has 21 heavy (non-hydrogen) atoms. The van der Waals surface area contributed by atoms with E-state index < -0.39 is 5.97 Å². The van der Waals surface area contributed by atoms with Gasteiger partial charge >= 0.3 is 5.97 Å². The maximum Gasteiger partial charge on any atom is 0.337 e. The van der Waals surface area contributed by atoms with Crippen molar-refractivity contribution in [2.24, 2.45) is 0 Å². The van der Waals surface area contributed by atoms with Crippen LogP contribution in [0.5, 0.6) is 0 Å². The number of hydrogen-bond donors (Lipinski definition) is 2. The van der Waals surface area contributed by atoms with Gasteiger partial charge in [0.1, 0.15) is 5.76 Å². The monoisotopic (exact) mass is 288 g/mol. The van der Waals surface area contributed by atoms with Crippen LogP contribution < -0.4 is 5.32 Å². The highest BCUT2D eigenvalue weighted by Crippen LogP contribution is 2.17. The van der Waals surface area contributed by atoms with Crippen LogP contribution in [0.1, 0.15) is 33.8 Å². The molecule has 0 radical (unpaired) electrons. The molecule has 0 aliphatic heterocycles. The molecule has 0 saturated carbocycles. The first kappa shape index (κ1) is 14.8. The summed E-state index contributed by atoms with van der Waals surface area (Å²) in [7, 11) is 0. The molecule has 2 aromatic rings. The summed E-state index contributed by atoms with van der Waals surface area (Å²) in [5.74, 6) is -0.619. The summed E-state index contributed by atoms with van der Waals surface area (Å²) in [6.07, 6.45) is 0.735. The van der Waals surface area contributed by atoms with E-state index in [1.165, 1.54) is 6.07 Å². The number of carbonyl (C=O) groups excluding carboxylic acids is 1. The summed E-state index contributed by atoms with van der Waals surface area (Å²) >= 11 is 0. The van der Waals surface area contributed by atoms with Crippen molar-refractivity contribution < 1.29 is 19.2 Å². The largest absolute Gasteiger partial charge is 0.478 e. The average molecular weight is 288 g/mol. The van der Waals surface area contributed by atoms with E-state index in [0.717, 1.165) is 11.3 Å². The van der Waals surface area contributed by atoms with Crippen LogP contribution >= 0.6 is 0 Å². The minimum absolute atomic E-state index is 0.0724. The Hall–Kier alpha value is -2.63. The minimum Gasteiger partial charge on any atom is -0.478 e. The van der Waals surface area contributed by atoms with Crippen LogP contribution in [0.25, 0.3) is 0 Å². The van der Waals surface area contributed by atoms with Crippen molar-refractivity contribution in [3.63, 3.8) is 0 Å². The predicted octanol–water partition coefficient (Wildman–Crippen LogP) is 2.56. The van der Waals surface area contributed by atoms with Crippen LogP contribution in [-0.2, 0) is 11.2 Å². The first-order chi connectivity index (χ1) is 9.99. The van der Waals surface area contributed by atoms with Gasteiger partial charge in [-0.1, -0.05) is 17.3 Å². The molecule has 0 atom stereocenters. The number of aromatic carboxylic acids is 1. The van der Waals surface area contributed by atoms with Crippen molar-refractivity contribution in [2.75, 3.05) is 5.32 Å². The molecule has 6 nitrogen and oxygen atoms in total. The summed E-state index contributed by atoms with van der Waals surface area (Å²) in [6.45, 7) is 3.62. The van der Waals surface area contributed by atoms with Gasteiger partial charge in [0.2, 0.25) is 5.91 Å². The second-order valence-electron chi connectivity index (χ2n) is 4.70. The molecule has 0 aliphatic rings. The normalized spacial score (nSPS) is 10.4. The van der Waals surface area contributed by atoms with Gasteiger partial charge < -0.3 is 14.9 Å². The number of rotatable bonds is 5. The molecule has 0 spiro atoms. The van der Waals surface area contributed by atoms with Gasteiger partial charge in [-0.3, -0.25) is 4.79 Å². The SMILES string of the molecule is Cc1noc(C)c1CCC(=O)Nc1ccccc1C(=O)O. The van der Waals surface area contributed by atoms with Crippen LogP contribution in [0.15, 0.2) is 28.8 Å². The maximum absolute atomic E-state index is 12.0. The summed E-state index contributed by atoms with van der Waals surface area (Å²) < 4.78 is 5.04. The second-order valence-corrected chi connectivity index (χ2v) is 4.70. The lowest BCUT2D eigenvalue weighted by Gasteiger charge is -2.08. The van der Waals surface area contributed by atoms with E-state index >= 15 is 0 Å². The van der Waals surface area contributed by atoms with Crippen LogP contribution in [0.4, 0.5) is 5.69 Å². The Kier molecular flexibility index (Phi) is 4.37. The first-order valence-corrected chi connectivity index (χ1v) is 6.53. The molecule has 2 rings (SSSR count). The summed E-state index contributed by atoms with van der Waals surface area (Å²) in [5, 5.41) is 15.5. The molecule has 0 unspecified atom stereocenters. The maximum atomic E-state index is 12.0. The Morgan fingerprint density at radius 1 is 1.29 bits per heavy atom. The number of aryl methyl sites for hydroxylation is 2. The molecular weight excluding hydrogens is 272 g/mol. The highest BCUT2D eigenvalue weighted by atomic mass is 16.5. The molecule has 1 aromatic carbocycles. The Labute approximate surface area is 121 Å². The lowest BCUT2D eigenvalue weighted by molar-refractivity contribution is -0.116. The lowest BCUT2D eigenvalue weighted by atomic mass is 10.1. The third-order valence-corrected chi connectivity index (χ3v) is 3.21. The number of carboxylic acids is 1. The first-order valence-electron chi connectivity index (χ1n) is 6.53. The fourth-order valence-electron chi connectivity index (χ4n) is 2.09. The second kappa shape index (κ2) is 6.21. The van der Waals surface area contributed by atoms with E-state index in [2.05, 4.69) is 10.5 Å². The van der Waals surface area contributed by atoms with Crippen molar-refractivity contribution in [1.82, 2.24) is 5.16 Å². The van der Waals surface area contributed by atoms with Crippen LogP contribution in [0, 0.1) is 13.8 Å². The molecule has 0 fully saturated rings. The number of amides is 1. The molecule has 1 aromatic heterocycles. The quantitative estimate of drug-likeness (QED) is 0.882. The highest BCUT2D eigenvalue weighted by Gasteiger charge is 2.14. The molecule has 0 saturated heterocycles. The third kappa shape index (κ3) is 3.47. The minimum atomic E-state index is -1.07. The van der Waals surface area contributed by atoms with Gasteiger partial charge in [0.15, 0.2) is 0 Å². The van der Waals surface area contributed by atoms with Gasteiger partial charge in [-0.2, -0.15) is 0 Å². The van der Waals surface area contributed by atoms with Gasteiger partial charge in [-0.25, -0.2) is 4.79 Å². The van der Waals surface area contributed by atoms with Crippen molar-refractivity contribution in [3.8, 4) is 0 Å². The van der Waals surface area contributed by atoms with E-state index in [4.69, 9.17) is 9.63 Å². The zero-order valence-electron chi connectivity index (χ0n) is 11.8. The summed E-state index contributed by atoms with van der Waals surface area (Å²) in [4.78, 5) is 23.0. The summed E-state index contributed by atoms with van der Waals surface area (Å²) in [5.41, 5.74) is 2.06. The number of carboxylic acid groups (broad SMARTS) is 1. The number of benzene rings is 1. The molecule has 1 heterocycles. The van der Waals surface area contributed by atoms with Gasteiger partial charge in [0, 0.05) is 12.0 Å². The fraction of sp³-hybridized carbons (Fsp3) is 0.267. The number of nitrogens with one attached hydrogen (secondary N) is 1. The third-order valence-electron chi connectivity index (χ3n) is 3.21. The topological polar surface area (TPSA) is 92.4 Å². The predicted molar refractivity (Wildman–Crippen MR) is 76.3 cm³/mol. The van der Waals surface area contributed by atoms with Crippen LogP contribution in [0.3, 0.4) is 0 Å². The van der Waals surface area contributed by atoms with Crippen LogP contribution in [0.2, 0.25) is 0 Å². The molecule has 0 bridgehead atoms. The van der Waals surface area contributed by atoms with Crippen LogP contribution in [-0.4, -0.2) is 22.1 Å². The Morgan fingerprint density at radius 3 is 2.62 bits per heavy atom. The number of aromatic nitrogens is 1. The molecule has 1 amide bonds. The number of carbonyl (C=O) groups is 2. The molecule has 110 valence electrons. The van der Waals surface area contributed by atoms with Gasteiger partial charge in [0.05, 0.1) is 16.9 Å². The molecule has 6 heteroatoms. The van der Waals surface area contributed by atoms with Gasteiger partial charge in [-0.05, 0) is 32.4 Å². The highest BCUT2D eigenvalue weighted by molar-refractivity contribution is 6.00. The lowest BCUT2D eigenvalue weighted by Crippen LogP contribution is -2.15. The molecule has 0 aliphatic carbocycles. The zero-order valence-corrected chi connectivity index (χ0v) is 11.8. The average Bonchev–Trinajstić information content (AvgIpc) is 2.76. The number of anilines is 1. The van der Waals surface area contributed by atoms with E-state index in [1.54, 1.807) is 25.1 Å². The standard InChI is InChI=1S/C15H16N2O4/c1-9-11(10(2)21-17-9)7-8-14(18)16-13-6-4-3-5-12(13)15(19)20/h3-6H,7-8H2,1-2H3,(H,16,18)(H,19,20). The Bertz CT molecular complexity index is 657. The van der Waals surface area contributed by atoms with Crippen molar-refractivity contribution in [2.45, 2.75) is 26.7 Å². The van der Waals surface area contributed by atoms with Crippen molar-refractivity contribution >= 4 is 17.6 Å². The van der Waals surface area contributed by atoms with Gasteiger partial charge in [0.25, 0.3) is 0 Å². The zero-order chi connectivity index (χ0) is 15.4. The van der Waals surface area contributed by atoms with E-state index in [1.807, 2.05) is 6.92 Å². The number of para-hydroxylation sites is 1. The fourth-order valence-corrected chi connectivity index (χ4v) is 2.09. The summed E-state index contributed by atoms with van der Waals surface area (Å²) in [6, 6.07) is 6.31. The molecular formula is C15H16N2O4. The van der Waals surface area contributed by atoms with Crippen molar-refractivity contribution in [3.05, 3.63) is 46.8 Å². The van der Waals surface area contributed by atoms with E-state index in [0.29, 0.717) is 17.9 Å². The smallest absolute Gasteiger partial charge is 0.337 e. The Balaban J connectivity index is 2.01. The van der Waals surface area contributed by atoms with Crippen molar-refractivity contribution in [1.29, 1.82) is 0 Å². The Morgan fingerprint density at radius 2 is 2.00 bits per heavy atom. The molecule has 2 N–H and O–H groups in total. The van der Waals surface area contributed by atoms with Gasteiger partial charge in [-0.15, -0.1) is 0 Å².